The van der Waals surface area contributed by atoms with Gasteiger partial charge in [0.25, 0.3) is 5.91 Å². The first-order valence-corrected chi connectivity index (χ1v) is 5.48. The number of nitrogen functional groups attached to an aromatic ring is 1. The van der Waals surface area contributed by atoms with Crippen molar-refractivity contribution in [1.29, 1.82) is 0 Å². The number of hydrogen-bond acceptors (Lipinski definition) is 4. The molecule has 0 saturated heterocycles. The van der Waals surface area contributed by atoms with E-state index in [1.807, 2.05) is 0 Å². The van der Waals surface area contributed by atoms with Gasteiger partial charge in [0.15, 0.2) is 0 Å². The number of amides is 1. The van der Waals surface area contributed by atoms with E-state index in [1.54, 1.807) is 6.92 Å². The maximum Gasteiger partial charge on any atom is 0.328 e. The number of carbonyl (C=O) groups excluding carboxylic acids is 2. The van der Waals surface area contributed by atoms with Crippen molar-refractivity contribution in [2.24, 2.45) is 0 Å². The van der Waals surface area contributed by atoms with E-state index in [2.05, 4.69) is 5.32 Å². The third-order valence-electron chi connectivity index (χ3n) is 2.23. The average Bonchev–Trinajstić information content (AvgIpc) is 2.28. The molecule has 98 valence electrons. The zero-order chi connectivity index (χ0) is 13.7. The minimum absolute atomic E-state index is 0.166. The van der Waals surface area contributed by atoms with Gasteiger partial charge in [0.05, 0.1) is 12.2 Å². The lowest BCUT2D eigenvalue weighted by Gasteiger charge is -2.13. The number of rotatable bonds is 4. The van der Waals surface area contributed by atoms with Gasteiger partial charge < -0.3 is 15.8 Å². The second-order valence-corrected chi connectivity index (χ2v) is 3.69. The van der Waals surface area contributed by atoms with Crippen molar-refractivity contribution in [3.05, 3.63) is 29.6 Å². The van der Waals surface area contributed by atoms with Crippen LogP contribution < -0.4 is 11.1 Å². The summed E-state index contributed by atoms with van der Waals surface area (Å²) in [6, 6.07) is 2.88. The summed E-state index contributed by atoms with van der Waals surface area (Å²) in [6.07, 6.45) is 0. The van der Waals surface area contributed by atoms with Crippen molar-refractivity contribution in [1.82, 2.24) is 5.32 Å². The van der Waals surface area contributed by atoms with Crippen LogP contribution in [0.2, 0.25) is 0 Å². The molecule has 5 nitrogen and oxygen atoms in total. The highest BCUT2D eigenvalue weighted by molar-refractivity contribution is 5.97. The number of hydrogen-bond donors (Lipinski definition) is 2. The second-order valence-electron chi connectivity index (χ2n) is 3.69. The minimum atomic E-state index is -0.839. The lowest BCUT2D eigenvalue weighted by Crippen LogP contribution is -2.39. The Hall–Kier alpha value is -2.11. The van der Waals surface area contributed by atoms with Crippen molar-refractivity contribution in [2.45, 2.75) is 19.9 Å². The molecule has 0 aliphatic rings. The molecule has 1 aromatic carbocycles. The Kier molecular flexibility index (Phi) is 4.65. The van der Waals surface area contributed by atoms with Crippen LogP contribution in [0.15, 0.2) is 18.2 Å². The van der Waals surface area contributed by atoms with Gasteiger partial charge in [-0.1, -0.05) is 0 Å². The SMILES string of the molecule is CCOC(=O)[C@H](C)NC(=O)c1ccc(N)cc1F. The van der Waals surface area contributed by atoms with Crippen molar-refractivity contribution in [3.8, 4) is 0 Å². The Morgan fingerprint density at radius 3 is 2.72 bits per heavy atom. The molecule has 1 rings (SSSR count). The highest BCUT2D eigenvalue weighted by atomic mass is 19.1. The fourth-order valence-electron chi connectivity index (χ4n) is 1.32. The molecule has 1 aromatic rings. The second kappa shape index (κ2) is 6.00. The molecule has 3 N–H and O–H groups in total. The normalized spacial score (nSPS) is 11.7. The molecule has 1 amide bonds. The Balaban J connectivity index is 2.73. The summed E-state index contributed by atoms with van der Waals surface area (Å²) in [6.45, 7) is 3.34. The number of nitrogens with one attached hydrogen (secondary N) is 1. The maximum absolute atomic E-state index is 13.4. The van der Waals surface area contributed by atoms with Crippen LogP contribution in [0.4, 0.5) is 10.1 Å². The molecule has 0 aliphatic carbocycles. The third-order valence-corrected chi connectivity index (χ3v) is 2.23. The molecule has 18 heavy (non-hydrogen) atoms. The number of nitrogens with two attached hydrogens (primary N) is 1. The van der Waals surface area contributed by atoms with Crippen LogP contribution in [0.5, 0.6) is 0 Å². The van der Waals surface area contributed by atoms with Crippen LogP contribution in [0, 0.1) is 5.82 Å². The Labute approximate surface area is 104 Å². The third kappa shape index (κ3) is 3.44. The topological polar surface area (TPSA) is 81.4 Å². The van der Waals surface area contributed by atoms with Gasteiger partial charge in [0.2, 0.25) is 0 Å². The van der Waals surface area contributed by atoms with Gasteiger partial charge >= 0.3 is 5.97 Å². The Bertz CT molecular complexity index is 463. The standard InChI is InChI=1S/C12H15FN2O3/c1-3-18-12(17)7(2)15-11(16)9-5-4-8(14)6-10(9)13/h4-7H,3,14H2,1-2H3,(H,15,16)/t7-/m0/s1. The highest BCUT2D eigenvalue weighted by Gasteiger charge is 2.19. The van der Waals surface area contributed by atoms with Crippen LogP contribution >= 0.6 is 0 Å². The smallest absolute Gasteiger partial charge is 0.328 e. The van der Waals surface area contributed by atoms with Crippen molar-refractivity contribution >= 4 is 17.6 Å². The molecule has 6 heteroatoms. The monoisotopic (exact) mass is 254 g/mol. The molecule has 0 radical (unpaired) electrons. The van der Waals surface area contributed by atoms with E-state index in [4.69, 9.17) is 10.5 Å². The summed E-state index contributed by atoms with van der Waals surface area (Å²) in [5.41, 5.74) is 5.43. The lowest BCUT2D eigenvalue weighted by atomic mass is 10.1. The molecule has 0 aromatic heterocycles. The number of halogens is 1. The van der Waals surface area contributed by atoms with Gasteiger partial charge in [-0.2, -0.15) is 0 Å². The fourth-order valence-corrected chi connectivity index (χ4v) is 1.32. The predicted molar refractivity (Wildman–Crippen MR) is 64.4 cm³/mol. The van der Waals surface area contributed by atoms with Crippen LogP contribution in [0.25, 0.3) is 0 Å². The molecule has 0 saturated carbocycles. The highest BCUT2D eigenvalue weighted by Crippen LogP contribution is 2.11. The zero-order valence-corrected chi connectivity index (χ0v) is 10.2. The van der Waals surface area contributed by atoms with Gasteiger partial charge in [-0.3, -0.25) is 4.79 Å². The van der Waals surface area contributed by atoms with Crippen molar-refractivity contribution in [3.63, 3.8) is 0 Å². The van der Waals surface area contributed by atoms with Crippen LogP contribution in [-0.2, 0) is 9.53 Å². The van der Waals surface area contributed by atoms with Crippen molar-refractivity contribution < 1.29 is 18.7 Å². The number of carbonyl (C=O) groups is 2. The van der Waals surface area contributed by atoms with E-state index in [9.17, 15) is 14.0 Å². The molecule has 0 heterocycles. The summed E-state index contributed by atoms with van der Waals surface area (Å²) < 4.78 is 18.2. The Morgan fingerprint density at radius 2 is 2.17 bits per heavy atom. The molecule has 0 bridgehead atoms. The van der Waals surface area contributed by atoms with E-state index in [0.29, 0.717) is 0 Å². The van der Waals surface area contributed by atoms with Gasteiger partial charge in [0.1, 0.15) is 11.9 Å². The summed E-state index contributed by atoms with van der Waals surface area (Å²) in [7, 11) is 0. The quantitative estimate of drug-likeness (QED) is 0.622. The first-order valence-electron chi connectivity index (χ1n) is 5.48. The van der Waals surface area contributed by atoms with E-state index in [0.717, 1.165) is 6.07 Å². The molecule has 1 atom stereocenters. The summed E-state index contributed by atoms with van der Waals surface area (Å²) >= 11 is 0. The minimum Gasteiger partial charge on any atom is -0.464 e. The van der Waals surface area contributed by atoms with E-state index < -0.39 is 23.7 Å². The molecule has 0 unspecified atom stereocenters. The van der Waals surface area contributed by atoms with Crippen LogP contribution in [0.3, 0.4) is 0 Å². The number of anilines is 1. The van der Waals surface area contributed by atoms with E-state index in [1.165, 1.54) is 19.1 Å². The zero-order valence-electron chi connectivity index (χ0n) is 10.2. The fraction of sp³-hybridized carbons (Fsp3) is 0.333. The Morgan fingerprint density at radius 1 is 1.50 bits per heavy atom. The van der Waals surface area contributed by atoms with Gasteiger partial charge in [-0.15, -0.1) is 0 Å². The van der Waals surface area contributed by atoms with Crippen LogP contribution in [-0.4, -0.2) is 24.5 Å². The van der Waals surface area contributed by atoms with Gasteiger partial charge in [-0.05, 0) is 32.0 Å². The summed E-state index contributed by atoms with van der Waals surface area (Å²) in [4.78, 5) is 23.0. The van der Waals surface area contributed by atoms with E-state index >= 15 is 0 Å². The summed E-state index contributed by atoms with van der Waals surface area (Å²) in [5, 5.41) is 2.35. The first-order chi connectivity index (χ1) is 8.45. The largest absolute Gasteiger partial charge is 0.464 e. The number of benzene rings is 1. The maximum atomic E-state index is 13.4. The van der Waals surface area contributed by atoms with Gasteiger partial charge in [-0.25, -0.2) is 9.18 Å². The average molecular weight is 254 g/mol. The molecule has 0 fully saturated rings. The van der Waals surface area contributed by atoms with Crippen LogP contribution in [0.1, 0.15) is 24.2 Å². The molecular formula is C12H15FN2O3. The summed E-state index contributed by atoms with van der Waals surface area (Å²) in [5.74, 6) is -1.99. The van der Waals surface area contributed by atoms with E-state index in [-0.39, 0.29) is 17.9 Å². The molecular weight excluding hydrogens is 239 g/mol. The first kappa shape index (κ1) is 14.0. The predicted octanol–water partition coefficient (Wildman–Crippen LogP) is 1.09. The van der Waals surface area contributed by atoms with Gasteiger partial charge in [0, 0.05) is 5.69 Å². The van der Waals surface area contributed by atoms with Crippen molar-refractivity contribution in [2.75, 3.05) is 12.3 Å². The number of esters is 1. The molecule has 0 aliphatic heterocycles. The molecule has 0 spiro atoms. The number of ether oxygens (including phenoxy) is 1. The lowest BCUT2D eigenvalue weighted by molar-refractivity contribution is -0.144.